The van der Waals surface area contributed by atoms with Gasteiger partial charge in [-0.05, 0) is 37.1 Å². The molecule has 1 amide bonds. The van der Waals surface area contributed by atoms with Gasteiger partial charge in [-0.15, -0.1) is 0 Å². The number of furan rings is 1. The van der Waals surface area contributed by atoms with E-state index in [-0.39, 0.29) is 11.6 Å². The quantitative estimate of drug-likeness (QED) is 0.935. The fraction of sp³-hybridized carbons (Fsp3) is 0.267. The molecule has 112 valence electrons. The highest BCUT2D eigenvalue weighted by atomic mass is 19.4. The lowest BCUT2D eigenvalue weighted by molar-refractivity contribution is -0.137. The van der Waals surface area contributed by atoms with Crippen molar-refractivity contribution in [3.8, 4) is 0 Å². The minimum atomic E-state index is -4.55. The highest BCUT2D eigenvalue weighted by molar-refractivity contribution is 5.96. The number of amides is 1. The maximum absolute atomic E-state index is 12.9. The van der Waals surface area contributed by atoms with E-state index in [0.717, 1.165) is 11.6 Å². The SMILES string of the molecule is C[C@@H](Cc1ccoc1)NC(=O)c1ccccc1C(F)(F)F. The van der Waals surface area contributed by atoms with Crippen molar-refractivity contribution in [3.63, 3.8) is 0 Å². The van der Waals surface area contributed by atoms with Crippen molar-refractivity contribution >= 4 is 5.91 Å². The van der Waals surface area contributed by atoms with Crippen LogP contribution >= 0.6 is 0 Å². The predicted octanol–water partition coefficient (Wildman–Crippen LogP) is 3.66. The number of hydrogen-bond acceptors (Lipinski definition) is 2. The number of alkyl halides is 3. The summed E-state index contributed by atoms with van der Waals surface area (Å²) in [6.45, 7) is 1.72. The van der Waals surface area contributed by atoms with E-state index in [4.69, 9.17) is 4.42 Å². The summed E-state index contributed by atoms with van der Waals surface area (Å²) in [5.74, 6) is -0.737. The molecule has 1 aromatic carbocycles. The van der Waals surface area contributed by atoms with E-state index < -0.39 is 17.6 Å². The molecule has 0 saturated heterocycles. The summed E-state index contributed by atoms with van der Waals surface area (Å²) in [7, 11) is 0. The zero-order valence-corrected chi connectivity index (χ0v) is 11.3. The maximum Gasteiger partial charge on any atom is 0.417 e. The van der Waals surface area contributed by atoms with Crippen molar-refractivity contribution in [1.29, 1.82) is 0 Å². The minimum absolute atomic E-state index is 0.309. The molecule has 0 bridgehead atoms. The lowest BCUT2D eigenvalue weighted by Crippen LogP contribution is -2.35. The molecule has 1 N–H and O–H groups in total. The van der Waals surface area contributed by atoms with Crippen LogP contribution in [0.5, 0.6) is 0 Å². The summed E-state index contributed by atoms with van der Waals surface area (Å²) in [6, 6.07) is 6.17. The van der Waals surface area contributed by atoms with E-state index >= 15 is 0 Å². The first-order valence-corrected chi connectivity index (χ1v) is 6.36. The Labute approximate surface area is 119 Å². The molecule has 2 aromatic rings. The first-order valence-electron chi connectivity index (χ1n) is 6.36. The molecule has 0 fully saturated rings. The highest BCUT2D eigenvalue weighted by Gasteiger charge is 2.34. The molecule has 1 heterocycles. The van der Waals surface area contributed by atoms with Gasteiger partial charge in [0, 0.05) is 6.04 Å². The first kappa shape index (κ1) is 15.2. The van der Waals surface area contributed by atoms with Crippen molar-refractivity contribution in [3.05, 3.63) is 59.5 Å². The van der Waals surface area contributed by atoms with Crippen molar-refractivity contribution in [1.82, 2.24) is 5.32 Å². The summed E-state index contributed by atoms with van der Waals surface area (Å²) in [5.41, 5.74) is -0.436. The van der Waals surface area contributed by atoms with Crippen LogP contribution in [0.25, 0.3) is 0 Å². The Morgan fingerprint density at radius 1 is 1.29 bits per heavy atom. The van der Waals surface area contributed by atoms with Gasteiger partial charge in [0.15, 0.2) is 0 Å². The molecular formula is C15H14F3NO2. The first-order chi connectivity index (χ1) is 9.88. The molecule has 1 atom stereocenters. The molecule has 3 nitrogen and oxygen atoms in total. The molecule has 21 heavy (non-hydrogen) atoms. The lowest BCUT2D eigenvalue weighted by Gasteiger charge is -2.16. The Kier molecular flexibility index (Phi) is 4.35. The third kappa shape index (κ3) is 3.87. The second-order valence-corrected chi connectivity index (χ2v) is 4.75. The van der Waals surface area contributed by atoms with Crippen LogP contribution in [0.4, 0.5) is 13.2 Å². The van der Waals surface area contributed by atoms with Gasteiger partial charge >= 0.3 is 6.18 Å². The topological polar surface area (TPSA) is 42.2 Å². The third-order valence-corrected chi connectivity index (χ3v) is 2.98. The van der Waals surface area contributed by atoms with Crippen LogP contribution in [0.15, 0.2) is 47.3 Å². The number of carbonyl (C=O) groups is 1. The lowest BCUT2D eigenvalue weighted by atomic mass is 10.1. The van der Waals surface area contributed by atoms with E-state index in [1.807, 2.05) is 0 Å². The Hall–Kier alpha value is -2.24. The monoisotopic (exact) mass is 297 g/mol. The van der Waals surface area contributed by atoms with E-state index in [2.05, 4.69) is 5.32 Å². The molecule has 0 spiro atoms. The second-order valence-electron chi connectivity index (χ2n) is 4.75. The molecular weight excluding hydrogens is 283 g/mol. The largest absolute Gasteiger partial charge is 0.472 e. The third-order valence-electron chi connectivity index (χ3n) is 2.98. The van der Waals surface area contributed by atoms with Gasteiger partial charge in [-0.1, -0.05) is 12.1 Å². The van der Waals surface area contributed by atoms with E-state index in [1.54, 1.807) is 13.0 Å². The number of hydrogen-bond donors (Lipinski definition) is 1. The summed E-state index contributed by atoms with van der Waals surface area (Å²) < 4.78 is 43.5. The smallest absolute Gasteiger partial charge is 0.417 e. The molecule has 0 aliphatic heterocycles. The molecule has 0 aliphatic rings. The Morgan fingerprint density at radius 3 is 2.62 bits per heavy atom. The van der Waals surface area contributed by atoms with Crippen molar-refractivity contribution in [2.75, 3.05) is 0 Å². The molecule has 1 aromatic heterocycles. The summed E-state index contributed by atoms with van der Waals surface area (Å²) >= 11 is 0. The van der Waals surface area contributed by atoms with Crippen LogP contribution in [-0.2, 0) is 12.6 Å². The van der Waals surface area contributed by atoms with Gasteiger partial charge < -0.3 is 9.73 Å². The zero-order chi connectivity index (χ0) is 15.5. The number of rotatable bonds is 4. The Balaban J connectivity index is 2.10. The second kappa shape index (κ2) is 6.03. The number of carbonyl (C=O) groups excluding carboxylic acids is 1. The summed E-state index contributed by atoms with van der Waals surface area (Å²) in [4.78, 5) is 12.0. The predicted molar refractivity (Wildman–Crippen MR) is 70.8 cm³/mol. The van der Waals surface area contributed by atoms with Gasteiger partial charge in [0.25, 0.3) is 5.91 Å². The van der Waals surface area contributed by atoms with E-state index in [0.29, 0.717) is 6.42 Å². The summed E-state index contributed by atoms with van der Waals surface area (Å²) in [6.07, 6.45) is -1.03. The fourth-order valence-electron chi connectivity index (χ4n) is 2.04. The van der Waals surface area contributed by atoms with Crippen LogP contribution in [0.1, 0.15) is 28.4 Å². The maximum atomic E-state index is 12.9. The Morgan fingerprint density at radius 2 is 2.00 bits per heavy atom. The summed E-state index contributed by atoms with van der Waals surface area (Å²) in [5, 5.41) is 2.57. The van der Waals surface area contributed by atoms with Gasteiger partial charge in [0.2, 0.25) is 0 Å². The highest BCUT2D eigenvalue weighted by Crippen LogP contribution is 2.31. The van der Waals surface area contributed by atoms with Crippen LogP contribution < -0.4 is 5.32 Å². The van der Waals surface area contributed by atoms with Crippen molar-refractivity contribution in [2.24, 2.45) is 0 Å². The fourth-order valence-corrected chi connectivity index (χ4v) is 2.04. The average molecular weight is 297 g/mol. The molecule has 0 unspecified atom stereocenters. The van der Waals surface area contributed by atoms with Gasteiger partial charge in [0.1, 0.15) is 0 Å². The van der Waals surface area contributed by atoms with Crippen LogP contribution in [0, 0.1) is 0 Å². The molecule has 0 saturated carbocycles. The molecule has 0 radical (unpaired) electrons. The van der Waals surface area contributed by atoms with Gasteiger partial charge in [0.05, 0.1) is 23.7 Å². The average Bonchev–Trinajstić information content (AvgIpc) is 2.90. The van der Waals surface area contributed by atoms with Crippen LogP contribution in [0.3, 0.4) is 0 Å². The van der Waals surface area contributed by atoms with Gasteiger partial charge in [-0.25, -0.2) is 0 Å². The van der Waals surface area contributed by atoms with E-state index in [1.165, 1.54) is 30.7 Å². The standard InChI is InChI=1S/C15H14F3NO2/c1-10(8-11-6-7-21-9-11)19-14(20)12-4-2-3-5-13(12)15(16,17)18/h2-7,9-10H,8H2,1H3,(H,19,20)/t10-/m0/s1. The Bertz CT molecular complexity index is 606. The van der Waals surface area contributed by atoms with Gasteiger partial charge in [-0.2, -0.15) is 13.2 Å². The van der Waals surface area contributed by atoms with Crippen molar-refractivity contribution in [2.45, 2.75) is 25.6 Å². The number of benzene rings is 1. The van der Waals surface area contributed by atoms with Gasteiger partial charge in [-0.3, -0.25) is 4.79 Å². The van der Waals surface area contributed by atoms with Crippen LogP contribution in [-0.4, -0.2) is 11.9 Å². The minimum Gasteiger partial charge on any atom is -0.472 e. The molecule has 0 aliphatic carbocycles. The molecule has 2 rings (SSSR count). The zero-order valence-electron chi connectivity index (χ0n) is 11.3. The van der Waals surface area contributed by atoms with Crippen molar-refractivity contribution < 1.29 is 22.4 Å². The number of nitrogens with one attached hydrogen (secondary N) is 1. The number of halogens is 3. The molecule has 6 heteroatoms. The van der Waals surface area contributed by atoms with E-state index in [9.17, 15) is 18.0 Å². The van der Waals surface area contributed by atoms with Crippen LogP contribution in [0.2, 0.25) is 0 Å². The normalized spacial score (nSPS) is 13.0.